The molecule has 0 spiro atoms. The maximum absolute atomic E-state index is 9.14. The van der Waals surface area contributed by atoms with Crippen molar-refractivity contribution in [3.8, 4) is 0 Å². The molecule has 0 aliphatic rings. The average Bonchev–Trinajstić information content (AvgIpc) is 1.97. The van der Waals surface area contributed by atoms with Gasteiger partial charge < -0.3 is 9.90 Å². The van der Waals surface area contributed by atoms with Crippen LogP contribution in [0.15, 0.2) is 25.8 Å². The Kier molecular flexibility index (Phi) is 45.1. The molecule has 0 radical (unpaired) electrons. The molecule has 0 saturated carbocycles. The molecule has 0 unspecified atom stereocenters. The third kappa shape index (κ3) is 95.0. The molecule has 0 fully saturated rings. The van der Waals surface area contributed by atoms with Crippen LogP contribution in [0.1, 0.15) is 0 Å². The van der Waals surface area contributed by atoms with Gasteiger partial charge in [0.25, 0.3) is 0 Å². The van der Waals surface area contributed by atoms with Gasteiger partial charge in [-0.2, -0.15) is 0 Å². The van der Waals surface area contributed by atoms with E-state index in [-0.39, 0.29) is 0 Å². The van der Waals surface area contributed by atoms with E-state index in [1.807, 2.05) is 0 Å². The van der Waals surface area contributed by atoms with E-state index in [2.05, 4.69) is 25.3 Å². The number of hydrogen-bond acceptors (Lipinski definition) is 2. The van der Waals surface area contributed by atoms with Crippen molar-refractivity contribution in [2.75, 3.05) is 0 Å². The first-order valence-electron chi connectivity index (χ1n) is 2.31. The van der Waals surface area contributed by atoms with Crippen LogP contribution in [0.5, 0.6) is 0 Å². The standard InChI is InChI=1S/C3H4O2.C2H4.CH3.Zn/c1-2-3(4)5;1-2;;/h2H,1H2,(H,4,5);1-2H2;1H3;/q;;;+1/p-1. The van der Waals surface area contributed by atoms with Crippen molar-refractivity contribution in [1.29, 1.82) is 0 Å². The fourth-order valence-corrected chi connectivity index (χ4v) is 0. The molecule has 0 bridgehead atoms. The molecule has 3 heteroatoms. The van der Waals surface area contributed by atoms with Gasteiger partial charge in [-0.25, -0.2) is 0 Å². The molecule has 0 aliphatic heterocycles. The van der Waals surface area contributed by atoms with Crippen LogP contribution in [-0.2, 0) is 23.1 Å². The first kappa shape index (κ1) is 15.8. The summed E-state index contributed by atoms with van der Waals surface area (Å²) in [4.78, 5) is 9.14. The second-order valence-electron chi connectivity index (χ2n) is 0.523. The van der Waals surface area contributed by atoms with Crippen LogP contribution in [0.2, 0.25) is 5.52 Å². The summed E-state index contributed by atoms with van der Waals surface area (Å²) in [5.41, 5.74) is 2.12. The quantitative estimate of drug-likeness (QED) is 0.330. The third-order valence-electron chi connectivity index (χ3n) is 0.167. The van der Waals surface area contributed by atoms with Gasteiger partial charge in [-0.05, 0) is 6.08 Å². The Morgan fingerprint density at radius 1 is 1.56 bits per heavy atom. The predicted molar refractivity (Wildman–Crippen MR) is 32.3 cm³/mol. The van der Waals surface area contributed by atoms with Crippen molar-refractivity contribution in [3.05, 3.63) is 25.8 Å². The molecule has 0 aromatic carbocycles. The Bertz CT molecular complexity index is 71.5. The van der Waals surface area contributed by atoms with E-state index in [4.69, 9.17) is 9.90 Å². The van der Waals surface area contributed by atoms with Gasteiger partial charge >= 0.3 is 23.8 Å². The monoisotopic (exact) mass is 178 g/mol. The number of carbonyl (C=O) groups is 1. The van der Waals surface area contributed by atoms with Gasteiger partial charge in [-0.15, -0.1) is 13.2 Å². The topological polar surface area (TPSA) is 40.1 Å². The van der Waals surface area contributed by atoms with Crippen LogP contribution in [0, 0.1) is 0 Å². The zero-order chi connectivity index (χ0) is 8.28. The Balaban J connectivity index is -0.0000000771. The molecule has 9 heavy (non-hydrogen) atoms. The fraction of sp³-hybridized carbons (Fsp3) is 0.167. The van der Waals surface area contributed by atoms with Crippen molar-refractivity contribution in [2.45, 2.75) is 5.52 Å². The molecule has 0 heterocycles. The maximum atomic E-state index is 9.14. The van der Waals surface area contributed by atoms with E-state index in [1.54, 1.807) is 0 Å². The molecule has 0 saturated heterocycles. The molecule has 48 valence electrons. The van der Waals surface area contributed by atoms with Crippen LogP contribution in [-0.4, -0.2) is 5.97 Å². The Hall–Kier alpha value is -0.427. The van der Waals surface area contributed by atoms with Gasteiger partial charge in [-0.1, -0.05) is 6.58 Å². The molecular formula is C6H10O2Zn. The van der Waals surface area contributed by atoms with Gasteiger partial charge in [-0.3, -0.25) is 0 Å². The van der Waals surface area contributed by atoms with Crippen LogP contribution in [0.3, 0.4) is 0 Å². The van der Waals surface area contributed by atoms with Gasteiger partial charge in [0.05, 0.1) is 5.97 Å². The van der Waals surface area contributed by atoms with Crippen LogP contribution in [0.4, 0.5) is 0 Å². The summed E-state index contributed by atoms with van der Waals surface area (Å²) in [6, 6.07) is 0. The number of hydrogen-bond donors (Lipinski definition) is 0. The van der Waals surface area contributed by atoms with Crippen molar-refractivity contribution in [3.63, 3.8) is 0 Å². The van der Waals surface area contributed by atoms with Crippen molar-refractivity contribution < 1.29 is 28.2 Å². The van der Waals surface area contributed by atoms with E-state index in [0.717, 1.165) is 6.08 Å². The van der Waals surface area contributed by atoms with E-state index in [0.29, 0.717) is 0 Å². The van der Waals surface area contributed by atoms with Crippen molar-refractivity contribution in [1.82, 2.24) is 0 Å². The number of carboxylic acids is 1. The molecule has 0 N–H and O–H groups in total. The van der Waals surface area contributed by atoms with Crippen molar-refractivity contribution >= 4 is 5.97 Å². The normalized spacial score (nSPS) is 4.78. The number of rotatable bonds is 1. The summed E-state index contributed by atoms with van der Waals surface area (Å²) in [6.07, 6.45) is 0.722. The van der Waals surface area contributed by atoms with Gasteiger partial charge in [0.2, 0.25) is 0 Å². The first-order valence-corrected chi connectivity index (χ1v) is 5.28. The van der Waals surface area contributed by atoms with Crippen LogP contribution < -0.4 is 5.11 Å². The van der Waals surface area contributed by atoms with Gasteiger partial charge in [0.15, 0.2) is 0 Å². The summed E-state index contributed by atoms with van der Waals surface area (Å²) in [7, 11) is 0. The minimum absolute atomic E-state index is 0.722. The second-order valence-corrected chi connectivity index (χ2v) is 0.523. The molecule has 0 atom stereocenters. The first-order chi connectivity index (χ1) is 4.27. The summed E-state index contributed by atoms with van der Waals surface area (Å²) < 4.78 is 0. The predicted octanol–water partition coefficient (Wildman–Crippen LogP) is 0.306. The van der Waals surface area contributed by atoms with Crippen molar-refractivity contribution in [2.24, 2.45) is 0 Å². The molecule has 0 aromatic heterocycles. The second kappa shape index (κ2) is 25.6. The molecular weight excluding hydrogens is 169 g/mol. The SMILES string of the molecule is C=C.C=CC(=O)[O-].[CH3][Zn+]. The van der Waals surface area contributed by atoms with E-state index < -0.39 is 5.97 Å². The summed E-state index contributed by atoms with van der Waals surface area (Å²) in [5.74, 6) is -1.23. The van der Waals surface area contributed by atoms with Gasteiger partial charge in [0, 0.05) is 0 Å². The average molecular weight is 180 g/mol. The molecule has 0 aliphatic carbocycles. The molecule has 2 nitrogen and oxygen atoms in total. The number of carbonyl (C=O) groups excluding carboxylic acids is 1. The zero-order valence-electron chi connectivity index (χ0n) is 5.72. The van der Waals surface area contributed by atoms with Crippen LogP contribution >= 0.6 is 0 Å². The summed E-state index contributed by atoms with van der Waals surface area (Å²) in [6.45, 7) is 8.90. The van der Waals surface area contributed by atoms with E-state index in [9.17, 15) is 0 Å². The molecule has 0 amide bonds. The fourth-order valence-electron chi connectivity index (χ4n) is 0. The van der Waals surface area contributed by atoms with E-state index >= 15 is 0 Å². The minimum atomic E-state index is -1.23. The number of carboxylic acid groups (broad SMARTS) is 1. The summed E-state index contributed by atoms with van der Waals surface area (Å²) in [5, 5.41) is 9.14. The third-order valence-corrected chi connectivity index (χ3v) is 0.167. The van der Waals surface area contributed by atoms with Crippen LogP contribution in [0.25, 0.3) is 0 Å². The molecule has 0 rings (SSSR count). The van der Waals surface area contributed by atoms with E-state index in [1.165, 1.54) is 18.3 Å². The van der Waals surface area contributed by atoms with Gasteiger partial charge in [0.1, 0.15) is 0 Å². The Morgan fingerprint density at radius 2 is 1.67 bits per heavy atom. The number of aliphatic carboxylic acids is 1. The Labute approximate surface area is 66.0 Å². The molecule has 0 aromatic rings. The summed E-state index contributed by atoms with van der Waals surface area (Å²) >= 11 is 1.38. The Morgan fingerprint density at radius 3 is 1.67 bits per heavy atom. The zero-order valence-corrected chi connectivity index (χ0v) is 8.69.